The van der Waals surface area contributed by atoms with Crippen molar-refractivity contribution in [2.45, 2.75) is 13.3 Å². The molecule has 0 saturated heterocycles. The smallest absolute Gasteiger partial charge is 0.161 e. The van der Waals surface area contributed by atoms with E-state index >= 15 is 0 Å². The Hall–Kier alpha value is -2.37. The number of nitrogen functional groups attached to an aromatic ring is 1. The van der Waals surface area contributed by atoms with Crippen molar-refractivity contribution in [2.24, 2.45) is 7.05 Å². The number of hydrogen-bond donors (Lipinski definition) is 2. The maximum atomic E-state index is 11.4. The van der Waals surface area contributed by atoms with Gasteiger partial charge in [-0.05, 0) is 25.1 Å². The van der Waals surface area contributed by atoms with Gasteiger partial charge in [0.15, 0.2) is 5.78 Å². The van der Waals surface area contributed by atoms with Gasteiger partial charge in [0.05, 0.1) is 0 Å². The van der Waals surface area contributed by atoms with Crippen LogP contribution in [0.25, 0.3) is 0 Å². The number of carbonyl (C=O) groups excluding carboxylic acids is 1. The molecule has 19 heavy (non-hydrogen) atoms. The molecule has 2 rings (SSSR count). The minimum Gasteiger partial charge on any atom is -0.398 e. The molecule has 1 heterocycles. The number of benzene rings is 1. The highest BCUT2D eigenvalue weighted by Gasteiger charge is 2.06. The van der Waals surface area contributed by atoms with Gasteiger partial charge in [0.25, 0.3) is 0 Å². The Kier molecular flexibility index (Phi) is 3.79. The van der Waals surface area contributed by atoms with Crippen LogP contribution in [0.15, 0.2) is 24.5 Å². The maximum absolute atomic E-state index is 11.4. The number of ketones is 1. The fraction of sp³-hybridized carbons (Fsp3) is 0.308. The number of hydrogen-bond acceptors (Lipinski definition) is 5. The van der Waals surface area contributed by atoms with Gasteiger partial charge in [-0.3, -0.25) is 4.79 Å². The third-order valence-electron chi connectivity index (χ3n) is 2.92. The lowest BCUT2D eigenvalue weighted by molar-refractivity contribution is 0.101. The van der Waals surface area contributed by atoms with Crippen LogP contribution in [0.3, 0.4) is 0 Å². The summed E-state index contributed by atoms with van der Waals surface area (Å²) in [6.07, 6.45) is 2.43. The number of anilines is 2. The minimum absolute atomic E-state index is 0.0329. The molecule has 100 valence electrons. The highest BCUT2D eigenvalue weighted by Crippen LogP contribution is 2.18. The topological polar surface area (TPSA) is 85.8 Å². The zero-order valence-corrected chi connectivity index (χ0v) is 11.1. The molecule has 0 amide bonds. The van der Waals surface area contributed by atoms with Crippen LogP contribution in [0.4, 0.5) is 11.4 Å². The van der Waals surface area contributed by atoms with E-state index in [9.17, 15) is 4.79 Å². The van der Waals surface area contributed by atoms with Crippen molar-refractivity contribution in [2.75, 3.05) is 17.6 Å². The average molecular weight is 259 g/mol. The zero-order valence-electron chi connectivity index (χ0n) is 11.1. The number of rotatable bonds is 5. The summed E-state index contributed by atoms with van der Waals surface area (Å²) in [6.45, 7) is 2.23. The second kappa shape index (κ2) is 5.51. The van der Waals surface area contributed by atoms with E-state index in [-0.39, 0.29) is 5.78 Å². The molecule has 0 bridgehead atoms. The molecule has 0 spiro atoms. The first-order valence-electron chi connectivity index (χ1n) is 6.05. The van der Waals surface area contributed by atoms with Crippen molar-refractivity contribution in [1.29, 1.82) is 0 Å². The molecule has 0 unspecified atom stereocenters. The summed E-state index contributed by atoms with van der Waals surface area (Å²) in [7, 11) is 1.91. The van der Waals surface area contributed by atoms with Gasteiger partial charge in [-0.2, -0.15) is 0 Å². The molecule has 0 fully saturated rings. The molecule has 6 heteroatoms. The van der Waals surface area contributed by atoms with Gasteiger partial charge in [0, 0.05) is 37.0 Å². The molecule has 0 atom stereocenters. The number of nitrogens with one attached hydrogen (secondary N) is 1. The molecule has 1 aromatic heterocycles. The molecule has 6 nitrogen and oxygen atoms in total. The van der Waals surface area contributed by atoms with E-state index in [1.807, 2.05) is 17.7 Å². The maximum Gasteiger partial charge on any atom is 0.161 e. The van der Waals surface area contributed by atoms with Gasteiger partial charge in [0.2, 0.25) is 0 Å². The quantitative estimate of drug-likeness (QED) is 0.623. The molecule has 0 saturated carbocycles. The Bertz CT molecular complexity index is 590. The molecule has 2 aromatic rings. The van der Waals surface area contributed by atoms with E-state index in [0.717, 1.165) is 17.9 Å². The summed E-state index contributed by atoms with van der Waals surface area (Å²) >= 11 is 0. The van der Waals surface area contributed by atoms with Gasteiger partial charge in [-0.25, -0.2) is 0 Å². The fourth-order valence-electron chi connectivity index (χ4n) is 1.82. The van der Waals surface area contributed by atoms with Crippen molar-refractivity contribution in [3.05, 3.63) is 35.9 Å². The third kappa shape index (κ3) is 3.09. The second-order valence-corrected chi connectivity index (χ2v) is 4.39. The van der Waals surface area contributed by atoms with Crippen LogP contribution in [0, 0.1) is 0 Å². The van der Waals surface area contributed by atoms with E-state index in [1.165, 1.54) is 6.92 Å². The first-order valence-corrected chi connectivity index (χ1v) is 6.05. The molecular weight excluding hydrogens is 242 g/mol. The van der Waals surface area contributed by atoms with Crippen molar-refractivity contribution in [1.82, 2.24) is 14.8 Å². The van der Waals surface area contributed by atoms with Crippen LogP contribution in [0.2, 0.25) is 0 Å². The van der Waals surface area contributed by atoms with Gasteiger partial charge in [-0.1, -0.05) is 0 Å². The van der Waals surface area contributed by atoms with Crippen LogP contribution in [-0.2, 0) is 13.5 Å². The Morgan fingerprint density at radius 2 is 2.26 bits per heavy atom. The Labute approximate surface area is 111 Å². The van der Waals surface area contributed by atoms with E-state index in [1.54, 1.807) is 18.5 Å². The largest absolute Gasteiger partial charge is 0.398 e. The second-order valence-electron chi connectivity index (χ2n) is 4.39. The van der Waals surface area contributed by atoms with Gasteiger partial charge in [-0.15, -0.1) is 10.2 Å². The van der Waals surface area contributed by atoms with Crippen molar-refractivity contribution in [3.8, 4) is 0 Å². The molecule has 0 radical (unpaired) electrons. The Morgan fingerprint density at radius 3 is 2.89 bits per heavy atom. The van der Waals surface area contributed by atoms with Crippen LogP contribution < -0.4 is 11.1 Å². The predicted molar refractivity (Wildman–Crippen MR) is 74.1 cm³/mol. The number of Topliss-reactive ketones (excluding diaryl/α,β-unsaturated/α-hetero) is 1. The van der Waals surface area contributed by atoms with Crippen LogP contribution in [0.1, 0.15) is 23.1 Å². The fourth-order valence-corrected chi connectivity index (χ4v) is 1.82. The summed E-state index contributed by atoms with van der Waals surface area (Å²) in [6, 6.07) is 5.37. The third-order valence-corrected chi connectivity index (χ3v) is 2.92. The highest BCUT2D eigenvalue weighted by molar-refractivity contribution is 5.99. The molecule has 0 aliphatic heterocycles. The first-order chi connectivity index (χ1) is 9.08. The number of nitrogens with two attached hydrogens (primary N) is 1. The normalized spacial score (nSPS) is 10.4. The lowest BCUT2D eigenvalue weighted by Crippen LogP contribution is -2.09. The summed E-state index contributed by atoms with van der Waals surface area (Å²) in [4.78, 5) is 11.4. The molecule has 0 aliphatic carbocycles. The summed E-state index contributed by atoms with van der Waals surface area (Å²) in [5.41, 5.74) is 7.67. The van der Waals surface area contributed by atoms with Crippen molar-refractivity contribution < 1.29 is 4.79 Å². The standard InChI is InChI=1S/C13H17N5O/c1-9(19)11-7-10(3-4-12(11)14)15-6-5-13-17-16-8-18(13)2/h3-4,7-8,15H,5-6,14H2,1-2H3. The monoisotopic (exact) mass is 259 g/mol. The number of aryl methyl sites for hydroxylation is 1. The minimum atomic E-state index is -0.0329. The Morgan fingerprint density at radius 1 is 1.47 bits per heavy atom. The van der Waals surface area contributed by atoms with E-state index < -0.39 is 0 Å². The predicted octanol–water partition coefficient (Wildman–Crippen LogP) is 1.25. The van der Waals surface area contributed by atoms with Crippen molar-refractivity contribution in [3.63, 3.8) is 0 Å². The van der Waals surface area contributed by atoms with Crippen molar-refractivity contribution >= 4 is 17.2 Å². The number of nitrogens with zero attached hydrogens (tertiary/aromatic N) is 3. The average Bonchev–Trinajstić information content (AvgIpc) is 2.77. The van der Waals surface area contributed by atoms with Gasteiger partial charge >= 0.3 is 0 Å². The lowest BCUT2D eigenvalue weighted by Gasteiger charge is -2.09. The van der Waals surface area contributed by atoms with E-state index in [0.29, 0.717) is 17.8 Å². The van der Waals surface area contributed by atoms with Crippen LogP contribution in [-0.4, -0.2) is 27.1 Å². The first kappa shape index (κ1) is 13.1. The van der Waals surface area contributed by atoms with Gasteiger partial charge in [0.1, 0.15) is 12.2 Å². The summed E-state index contributed by atoms with van der Waals surface area (Å²) in [5.74, 6) is 0.879. The molecule has 0 aliphatic rings. The van der Waals surface area contributed by atoms with E-state index in [4.69, 9.17) is 5.73 Å². The van der Waals surface area contributed by atoms with Crippen LogP contribution in [0.5, 0.6) is 0 Å². The van der Waals surface area contributed by atoms with E-state index in [2.05, 4.69) is 15.5 Å². The number of carbonyl (C=O) groups is 1. The SMILES string of the molecule is CC(=O)c1cc(NCCc2nncn2C)ccc1N. The summed E-state index contributed by atoms with van der Waals surface area (Å²) in [5, 5.41) is 11.1. The molecule has 3 N–H and O–H groups in total. The zero-order chi connectivity index (χ0) is 13.8. The highest BCUT2D eigenvalue weighted by atomic mass is 16.1. The summed E-state index contributed by atoms with van der Waals surface area (Å²) < 4.78 is 1.88. The molecular formula is C13H17N5O. The lowest BCUT2D eigenvalue weighted by atomic mass is 10.1. The Balaban J connectivity index is 1.98. The molecule has 1 aromatic carbocycles. The number of aromatic nitrogens is 3. The van der Waals surface area contributed by atoms with Crippen LogP contribution >= 0.6 is 0 Å². The van der Waals surface area contributed by atoms with Gasteiger partial charge < -0.3 is 15.6 Å².